The van der Waals surface area contributed by atoms with Gasteiger partial charge >= 0.3 is 0 Å². The van der Waals surface area contributed by atoms with Gasteiger partial charge in [0.25, 0.3) is 0 Å². The van der Waals surface area contributed by atoms with Crippen molar-refractivity contribution in [1.29, 1.82) is 0 Å². The molecule has 0 radical (unpaired) electrons. The van der Waals surface area contributed by atoms with Gasteiger partial charge in [-0.15, -0.1) is 0 Å². The third kappa shape index (κ3) is 2.09. The third-order valence-electron chi connectivity index (χ3n) is 3.08. The Balaban J connectivity index is 1.87. The van der Waals surface area contributed by atoms with Crippen LogP contribution in [0.15, 0.2) is 34.9 Å². The summed E-state index contributed by atoms with van der Waals surface area (Å²) in [6, 6.07) is 8.38. The van der Waals surface area contributed by atoms with Gasteiger partial charge in [-0.05, 0) is 12.1 Å². The Labute approximate surface area is 104 Å². The number of rotatable bonds is 2. The largest absolute Gasteiger partial charge is 0.338 e. The highest BCUT2D eigenvalue weighted by Gasteiger charge is 2.17. The minimum Gasteiger partial charge on any atom is -0.338 e. The topological polar surface area (TPSA) is 41.3 Å². The van der Waals surface area contributed by atoms with Gasteiger partial charge in [-0.2, -0.15) is 0 Å². The van der Waals surface area contributed by atoms with Gasteiger partial charge in [0.1, 0.15) is 11.5 Å². The number of piperazine rings is 1. The Morgan fingerprint density at radius 2 is 2.00 bits per heavy atom. The fourth-order valence-corrected chi connectivity index (χ4v) is 2.10. The van der Waals surface area contributed by atoms with Crippen LogP contribution < -0.4 is 10.2 Å². The minimum absolute atomic E-state index is 0.280. The highest BCUT2D eigenvalue weighted by atomic mass is 19.1. The number of anilines is 1. The van der Waals surface area contributed by atoms with Crippen LogP contribution in [0.25, 0.3) is 11.3 Å². The fourth-order valence-electron chi connectivity index (χ4n) is 2.10. The van der Waals surface area contributed by atoms with Crippen LogP contribution in [-0.2, 0) is 0 Å². The molecule has 0 saturated carbocycles. The molecule has 1 saturated heterocycles. The number of hydrogen-bond donors (Lipinski definition) is 1. The van der Waals surface area contributed by atoms with Crippen LogP contribution in [0.3, 0.4) is 0 Å². The maximum Gasteiger partial charge on any atom is 0.227 e. The van der Waals surface area contributed by atoms with Crippen molar-refractivity contribution >= 4 is 5.88 Å². The maximum atomic E-state index is 13.6. The molecule has 1 aliphatic heterocycles. The molecule has 1 fully saturated rings. The van der Waals surface area contributed by atoms with Crippen molar-refractivity contribution < 1.29 is 8.91 Å². The summed E-state index contributed by atoms with van der Waals surface area (Å²) in [5.41, 5.74) is 1.02. The molecule has 3 rings (SSSR count). The third-order valence-corrected chi connectivity index (χ3v) is 3.08. The van der Waals surface area contributed by atoms with Gasteiger partial charge in [-0.1, -0.05) is 17.3 Å². The van der Waals surface area contributed by atoms with Crippen LogP contribution in [0.5, 0.6) is 0 Å². The zero-order valence-electron chi connectivity index (χ0n) is 9.90. The summed E-state index contributed by atoms with van der Waals surface area (Å²) < 4.78 is 18.9. The molecule has 1 aromatic carbocycles. The normalized spacial score (nSPS) is 15.9. The molecule has 2 heterocycles. The summed E-state index contributed by atoms with van der Waals surface area (Å²) in [6.45, 7) is 3.61. The van der Waals surface area contributed by atoms with E-state index in [0.29, 0.717) is 17.1 Å². The molecule has 18 heavy (non-hydrogen) atoms. The molecule has 0 atom stereocenters. The van der Waals surface area contributed by atoms with Gasteiger partial charge in [0.05, 0.1) is 0 Å². The van der Waals surface area contributed by atoms with Gasteiger partial charge < -0.3 is 14.7 Å². The number of hydrogen-bond acceptors (Lipinski definition) is 4. The van der Waals surface area contributed by atoms with E-state index in [9.17, 15) is 4.39 Å². The molecule has 0 unspecified atom stereocenters. The molecule has 1 aromatic heterocycles. The van der Waals surface area contributed by atoms with Crippen LogP contribution >= 0.6 is 0 Å². The smallest absolute Gasteiger partial charge is 0.227 e. The van der Waals surface area contributed by atoms with Crippen molar-refractivity contribution in [2.24, 2.45) is 0 Å². The van der Waals surface area contributed by atoms with E-state index in [1.807, 2.05) is 0 Å². The summed E-state index contributed by atoms with van der Waals surface area (Å²) in [7, 11) is 0. The lowest BCUT2D eigenvalue weighted by Crippen LogP contribution is -2.43. The van der Waals surface area contributed by atoms with Gasteiger partial charge in [0, 0.05) is 37.8 Å². The van der Waals surface area contributed by atoms with Crippen LogP contribution in [-0.4, -0.2) is 31.3 Å². The van der Waals surface area contributed by atoms with E-state index in [4.69, 9.17) is 4.52 Å². The van der Waals surface area contributed by atoms with Crippen LogP contribution in [0.4, 0.5) is 10.3 Å². The monoisotopic (exact) mass is 247 g/mol. The van der Waals surface area contributed by atoms with Crippen molar-refractivity contribution in [2.75, 3.05) is 31.1 Å². The Kier molecular flexibility index (Phi) is 2.98. The van der Waals surface area contributed by atoms with Crippen LogP contribution in [0.1, 0.15) is 0 Å². The predicted molar refractivity (Wildman–Crippen MR) is 67.0 cm³/mol. The lowest BCUT2D eigenvalue weighted by Gasteiger charge is -2.25. The average Bonchev–Trinajstić information content (AvgIpc) is 2.90. The van der Waals surface area contributed by atoms with Crippen LogP contribution in [0, 0.1) is 5.82 Å². The van der Waals surface area contributed by atoms with Crippen LogP contribution in [0.2, 0.25) is 0 Å². The first-order chi connectivity index (χ1) is 8.84. The molecule has 1 aliphatic rings. The molecular formula is C13H14FN3O. The first-order valence-electron chi connectivity index (χ1n) is 6.02. The van der Waals surface area contributed by atoms with Crippen molar-refractivity contribution in [1.82, 2.24) is 10.5 Å². The standard InChI is InChI=1S/C13H14FN3O/c14-11-4-2-1-3-10(11)12-9-13(18-16-12)17-7-5-15-6-8-17/h1-4,9,15H,5-8H2. The second kappa shape index (κ2) is 4.78. The number of aromatic nitrogens is 1. The molecule has 0 bridgehead atoms. The van der Waals surface area contributed by atoms with E-state index in [1.54, 1.807) is 24.3 Å². The Bertz CT molecular complexity index is 535. The van der Waals surface area contributed by atoms with E-state index in [1.165, 1.54) is 6.07 Å². The highest BCUT2D eigenvalue weighted by Crippen LogP contribution is 2.26. The number of halogens is 1. The van der Waals surface area contributed by atoms with Crippen molar-refractivity contribution in [3.05, 3.63) is 36.1 Å². The maximum absolute atomic E-state index is 13.6. The summed E-state index contributed by atoms with van der Waals surface area (Å²) in [4.78, 5) is 2.11. The summed E-state index contributed by atoms with van der Waals surface area (Å²) >= 11 is 0. The molecular weight excluding hydrogens is 233 g/mol. The van der Waals surface area contributed by atoms with Gasteiger partial charge in [-0.3, -0.25) is 0 Å². The molecule has 0 spiro atoms. The van der Waals surface area contributed by atoms with Crippen molar-refractivity contribution in [3.8, 4) is 11.3 Å². The zero-order valence-corrected chi connectivity index (χ0v) is 9.90. The SMILES string of the molecule is Fc1ccccc1-c1cc(N2CCNCC2)on1. The second-order valence-corrected chi connectivity index (χ2v) is 4.27. The highest BCUT2D eigenvalue weighted by molar-refractivity contribution is 5.62. The molecule has 2 aromatic rings. The van der Waals surface area contributed by atoms with E-state index in [-0.39, 0.29) is 5.82 Å². The second-order valence-electron chi connectivity index (χ2n) is 4.27. The quantitative estimate of drug-likeness (QED) is 0.880. The lowest BCUT2D eigenvalue weighted by molar-refractivity contribution is 0.409. The predicted octanol–water partition coefficient (Wildman–Crippen LogP) is 1.89. The number of benzene rings is 1. The Morgan fingerprint density at radius 3 is 2.78 bits per heavy atom. The van der Waals surface area contributed by atoms with E-state index >= 15 is 0 Å². The summed E-state index contributed by atoms with van der Waals surface area (Å²) in [6.07, 6.45) is 0. The first kappa shape index (κ1) is 11.2. The molecule has 94 valence electrons. The van der Waals surface area contributed by atoms with E-state index in [2.05, 4.69) is 15.4 Å². The van der Waals surface area contributed by atoms with Gasteiger partial charge in [-0.25, -0.2) is 4.39 Å². The lowest BCUT2D eigenvalue weighted by atomic mass is 10.1. The first-order valence-corrected chi connectivity index (χ1v) is 6.02. The average molecular weight is 247 g/mol. The molecule has 0 amide bonds. The van der Waals surface area contributed by atoms with Gasteiger partial charge in [0.2, 0.25) is 5.88 Å². The van der Waals surface area contributed by atoms with Gasteiger partial charge in [0.15, 0.2) is 0 Å². The number of nitrogens with zero attached hydrogens (tertiary/aromatic N) is 2. The van der Waals surface area contributed by atoms with Crippen molar-refractivity contribution in [3.63, 3.8) is 0 Å². The van der Waals surface area contributed by atoms with E-state index < -0.39 is 0 Å². The Hall–Kier alpha value is -1.88. The Morgan fingerprint density at radius 1 is 1.22 bits per heavy atom. The molecule has 5 heteroatoms. The molecule has 4 nitrogen and oxygen atoms in total. The van der Waals surface area contributed by atoms with Crippen molar-refractivity contribution in [2.45, 2.75) is 0 Å². The molecule has 1 N–H and O–H groups in total. The van der Waals surface area contributed by atoms with E-state index in [0.717, 1.165) is 26.2 Å². The zero-order chi connectivity index (χ0) is 12.4. The molecule has 0 aliphatic carbocycles. The number of nitrogens with one attached hydrogen (secondary N) is 1. The fraction of sp³-hybridized carbons (Fsp3) is 0.308. The summed E-state index contributed by atoms with van der Waals surface area (Å²) in [5.74, 6) is 0.424. The minimum atomic E-state index is -0.280. The summed E-state index contributed by atoms with van der Waals surface area (Å²) in [5, 5.41) is 7.21.